The molecule has 0 bridgehead atoms. The van der Waals surface area contributed by atoms with Gasteiger partial charge >= 0.3 is 0 Å². The van der Waals surface area contributed by atoms with Crippen LogP contribution in [0.25, 0.3) is 0 Å². The zero-order valence-corrected chi connectivity index (χ0v) is 9.03. The first kappa shape index (κ1) is 13.0. The molecule has 0 amide bonds. The molecule has 0 unspecified atom stereocenters. The third kappa shape index (κ3) is 2.98. The van der Waals surface area contributed by atoms with Gasteiger partial charge in [-0.25, -0.2) is 5.26 Å². The van der Waals surface area contributed by atoms with Crippen LogP contribution < -0.4 is 0 Å². The van der Waals surface area contributed by atoms with Gasteiger partial charge in [0, 0.05) is 6.07 Å². The van der Waals surface area contributed by atoms with Gasteiger partial charge in [0.25, 0.3) is 10.1 Å². The van der Waals surface area contributed by atoms with Crippen LogP contribution in [0.3, 0.4) is 0 Å². The predicted octanol–water partition coefficient (Wildman–Crippen LogP) is 0.773. The van der Waals surface area contributed by atoms with Crippen LogP contribution in [0.2, 0.25) is 0 Å². The molecule has 0 radical (unpaired) electrons. The summed E-state index contributed by atoms with van der Waals surface area (Å²) < 4.78 is 34.2. The van der Waals surface area contributed by atoms with Crippen LogP contribution in [-0.2, 0) is 19.5 Å². The van der Waals surface area contributed by atoms with Gasteiger partial charge in [0.2, 0.25) is 0 Å². The number of aromatic hydroxyl groups is 2. The molecule has 0 saturated heterocycles. The Morgan fingerprint density at radius 2 is 1.88 bits per heavy atom. The monoisotopic (exact) mass is 270 g/mol. The average Bonchev–Trinajstić information content (AvgIpc) is 2.18. The lowest BCUT2D eigenvalue weighted by molar-refractivity contribution is -0.432. The first-order valence-corrected chi connectivity index (χ1v) is 5.72. The van der Waals surface area contributed by atoms with Crippen molar-refractivity contribution in [2.45, 2.75) is 9.79 Å². The summed E-state index contributed by atoms with van der Waals surface area (Å²) in [6, 6.07) is 1.46. The van der Waals surface area contributed by atoms with Crippen LogP contribution in [0.15, 0.2) is 21.9 Å². The molecular weight excluding hydrogens is 264 g/mol. The molecule has 0 atom stereocenters. The second-order valence-corrected chi connectivity index (χ2v) is 4.65. The lowest BCUT2D eigenvalue weighted by Crippen LogP contribution is -1.98. The van der Waals surface area contributed by atoms with E-state index in [-0.39, 0.29) is 16.9 Å². The van der Waals surface area contributed by atoms with Gasteiger partial charge in [-0.15, -0.1) is 4.33 Å². The Hall–Kier alpha value is -1.04. The number of rotatable bonds is 4. The van der Waals surface area contributed by atoms with Crippen molar-refractivity contribution in [3.05, 3.63) is 12.1 Å². The Labute approximate surface area is 93.9 Å². The van der Waals surface area contributed by atoms with Gasteiger partial charge in [-0.05, 0) is 6.07 Å². The highest BCUT2D eigenvalue weighted by Gasteiger charge is 2.17. The van der Waals surface area contributed by atoms with Gasteiger partial charge in [0.15, 0.2) is 11.5 Å². The number of benzene rings is 1. The molecule has 1 aromatic rings. The van der Waals surface area contributed by atoms with Crippen LogP contribution in [0.4, 0.5) is 0 Å². The second-order valence-electron chi connectivity index (χ2n) is 2.49. The van der Waals surface area contributed by atoms with Gasteiger partial charge < -0.3 is 10.2 Å². The largest absolute Gasteiger partial charge is 0.504 e. The molecule has 16 heavy (non-hydrogen) atoms. The van der Waals surface area contributed by atoms with Crippen molar-refractivity contribution in [3.63, 3.8) is 0 Å². The number of hydrogen-bond donors (Lipinski definition) is 4. The maximum absolute atomic E-state index is 10.8. The van der Waals surface area contributed by atoms with Crippen molar-refractivity contribution in [2.24, 2.45) is 0 Å². The lowest BCUT2D eigenvalue weighted by atomic mass is 10.3. The standard InChI is InChI=1S/C6H6O8S2/c7-4-1-3(16(10,11)12)2-5(6(4)8)15-14-13-9/h1-2,7-9H,(H,10,11,12). The summed E-state index contributed by atoms with van der Waals surface area (Å²) >= 11 is 0.234. The van der Waals surface area contributed by atoms with Crippen molar-refractivity contribution in [1.29, 1.82) is 0 Å². The summed E-state index contributed by atoms with van der Waals surface area (Å²) in [6.07, 6.45) is 0. The molecule has 0 aliphatic heterocycles. The number of phenols is 2. The van der Waals surface area contributed by atoms with E-state index in [1.807, 2.05) is 0 Å². The van der Waals surface area contributed by atoms with E-state index < -0.39 is 26.5 Å². The van der Waals surface area contributed by atoms with E-state index in [0.29, 0.717) is 6.07 Å². The summed E-state index contributed by atoms with van der Waals surface area (Å²) in [4.78, 5) is -0.923. The minimum absolute atomic E-state index is 0.234. The average molecular weight is 270 g/mol. The lowest BCUT2D eigenvalue weighted by Gasteiger charge is -2.05. The number of phenolic OH excluding ortho intramolecular Hbond substituents is 2. The maximum atomic E-state index is 10.8. The predicted molar refractivity (Wildman–Crippen MR) is 50.2 cm³/mol. The Morgan fingerprint density at radius 3 is 2.38 bits per heavy atom. The molecule has 0 aliphatic carbocycles. The fourth-order valence-corrected chi connectivity index (χ4v) is 1.90. The quantitative estimate of drug-likeness (QED) is 0.206. The van der Waals surface area contributed by atoms with Crippen LogP contribution in [-0.4, -0.2) is 28.4 Å². The highest BCUT2D eigenvalue weighted by molar-refractivity contribution is 7.94. The van der Waals surface area contributed by atoms with E-state index in [9.17, 15) is 13.5 Å². The first-order valence-electron chi connectivity index (χ1n) is 3.54. The topological polar surface area (TPSA) is 134 Å². The Balaban J connectivity index is 3.22. The van der Waals surface area contributed by atoms with Gasteiger partial charge in [-0.3, -0.25) is 4.55 Å². The molecule has 0 spiro atoms. The smallest absolute Gasteiger partial charge is 0.294 e. The zero-order valence-electron chi connectivity index (χ0n) is 7.39. The molecule has 1 aromatic carbocycles. The third-order valence-electron chi connectivity index (χ3n) is 1.48. The summed E-state index contributed by atoms with van der Waals surface area (Å²) in [7, 11) is -4.53. The van der Waals surface area contributed by atoms with E-state index in [2.05, 4.69) is 9.37 Å². The van der Waals surface area contributed by atoms with Crippen LogP contribution in [0.1, 0.15) is 0 Å². The summed E-state index contributed by atoms with van der Waals surface area (Å²) in [5.74, 6) is -1.46. The third-order valence-corrected chi connectivity index (χ3v) is 2.93. The van der Waals surface area contributed by atoms with Crippen molar-refractivity contribution < 1.29 is 37.8 Å². The van der Waals surface area contributed by atoms with Crippen molar-refractivity contribution in [2.75, 3.05) is 0 Å². The molecule has 0 saturated carbocycles. The minimum Gasteiger partial charge on any atom is -0.504 e. The summed E-state index contributed by atoms with van der Waals surface area (Å²) in [5, 5.41) is 29.5. The van der Waals surface area contributed by atoms with Gasteiger partial charge in [0.05, 0.1) is 21.8 Å². The van der Waals surface area contributed by atoms with Crippen LogP contribution in [0, 0.1) is 0 Å². The van der Waals surface area contributed by atoms with E-state index in [0.717, 1.165) is 6.07 Å². The fraction of sp³-hybridized carbons (Fsp3) is 0. The SMILES string of the molecule is O=S(=O)(O)c1cc(O)c(O)c(SOOO)c1. The molecule has 1 rings (SSSR count). The normalized spacial score (nSPS) is 11.6. The van der Waals surface area contributed by atoms with Crippen molar-refractivity contribution in [1.82, 2.24) is 0 Å². The molecule has 8 nitrogen and oxygen atoms in total. The molecule has 4 N–H and O–H groups in total. The second kappa shape index (κ2) is 4.86. The Bertz CT molecular complexity index is 482. The zero-order chi connectivity index (χ0) is 12.3. The van der Waals surface area contributed by atoms with Gasteiger partial charge in [0.1, 0.15) is 0 Å². The minimum atomic E-state index is -4.53. The highest BCUT2D eigenvalue weighted by atomic mass is 32.2. The van der Waals surface area contributed by atoms with Crippen LogP contribution in [0.5, 0.6) is 11.5 Å². The van der Waals surface area contributed by atoms with Gasteiger partial charge in [-0.1, -0.05) is 5.04 Å². The first-order chi connectivity index (χ1) is 7.36. The molecule has 0 aliphatic rings. The van der Waals surface area contributed by atoms with Crippen LogP contribution >= 0.6 is 12.0 Å². The molecule has 0 fully saturated rings. The summed E-state index contributed by atoms with van der Waals surface area (Å²) in [5.41, 5.74) is 0. The number of hydrogen-bond acceptors (Lipinski definition) is 8. The highest BCUT2D eigenvalue weighted by Crippen LogP contribution is 2.38. The van der Waals surface area contributed by atoms with Crippen molar-refractivity contribution >= 4 is 22.2 Å². The maximum Gasteiger partial charge on any atom is 0.294 e. The van der Waals surface area contributed by atoms with E-state index >= 15 is 0 Å². The van der Waals surface area contributed by atoms with E-state index in [1.165, 1.54) is 0 Å². The molecule has 0 aromatic heterocycles. The molecule has 10 heteroatoms. The van der Waals surface area contributed by atoms with Crippen molar-refractivity contribution in [3.8, 4) is 11.5 Å². The summed E-state index contributed by atoms with van der Waals surface area (Å²) in [6.45, 7) is 0. The van der Waals surface area contributed by atoms with E-state index in [4.69, 9.17) is 14.9 Å². The van der Waals surface area contributed by atoms with E-state index in [1.54, 1.807) is 0 Å². The Morgan fingerprint density at radius 1 is 1.25 bits per heavy atom. The fourth-order valence-electron chi connectivity index (χ4n) is 0.833. The molecule has 0 heterocycles. The van der Waals surface area contributed by atoms with Gasteiger partial charge in [-0.2, -0.15) is 8.42 Å². The molecular formula is C6H6O8S2. The molecule has 90 valence electrons. The Kier molecular flexibility index (Phi) is 3.96.